The van der Waals surface area contributed by atoms with Gasteiger partial charge < -0.3 is 15.4 Å². The van der Waals surface area contributed by atoms with Gasteiger partial charge in [-0.2, -0.15) is 0 Å². The molecule has 0 aliphatic heterocycles. The standard InChI is InChI=1S/C19H21ClN2O3/c1-25-12-11-22-19(24)16-4-2-3-15(13-16)18(23)21-10-9-14-5-7-17(20)8-6-14/h2-8,13H,9-12H2,1H3,(H,21,23)(H,22,24). The van der Waals surface area contributed by atoms with Gasteiger partial charge in [-0.05, 0) is 42.3 Å². The molecule has 0 spiro atoms. The predicted molar refractivity (Wildman–Crippen MR) is 98.1 cm³/mol. The van der Waals surface area contributed by atoms with Crippen LogP contribution in [0, 0.1) is 0 Å². The van der Waals surface area contributed by atoms with Crippen LogP contribution in [0.3, 0.4) is 0 Å². The molecule has 0 bridgehead atoms. The topological polar surface area (TPSA) is 67.4 Å². The molecule has 0 fully saturated rings. The number of methoxy groups -OCH3 is 1. The van der Waals surface area contributed by atoms with Crippen molar-refractivity contribution in [3.8, 4) is 0 Å². The molecule has 5 nitrogen and oxygen atoms in total. The van der Waals surface area contributed by atoms with E-state index in [1.807, 2.05) is 24.3 Å². The number of hydrogen-bond acceptors (Lipinski definition) is 3. The lowest BCUT2D eigenvalue weighted by molar-refractivity contribution is 0.0937. The number of nitrogens with one attached hydrogen (secondary N) is 2. The Balaban J connectivity index is 1.87. The van der Waals surface area contributed by atoms with Gasteiger partial charge >= 0.3 is 0 Å². The van der Waals surface area contributed by atoms with Crippen molar-refractivity contribution in [1.29, 1.82) is 0 Å². The van der Waals surface area contributed by atoms with Crippen LogP contribution in [0.25, 0.3) is 0 Å². The molecule has 0 heterocycles. The van der Waals surface area contributed by atoms with Gasteiger partial charge in [0.2, 0.25) is 0 Å². The third-order valence-electron chi connectivity index (χ3n) is 3.59. The van der Waals surface area contributed by atoms with E-state index >= 15 is 0 Å². The predicted octanol–water partition coefficient (Wildman–Crippen LogP) is 2.69. The van der Waals surface area contributed by atoms with E-state index in [9.17, 15) is 9.59 Å². The number of carbonyl (C=O) groups is 2. The summed E-state index contributed by atoms with van der Waals surface area (Å²) in [5.74, 6) is -0.437. The number of carbonyl (C=O) groups excluding carboxylic acids is 2. The molecular weight excluding hydrogens is 340 g/mol. The summed E-state index contributed by atoms with van der Waals surface area (Å²) < 4.78 is 4.89. The van der Waals surface area contributed by atoms with Crippen molar-refractivity contribution in [2.45, 2.75) is 6.42 Å². The molecule has 0 saturated carbocycles. The van der Waals surface area contributed by atoms with E-state index in [1.165, 1.54) is 0 Å². The second kappa shape index (κ2) is 9.81. The Morgan fingerprint density at radius 1 is 0.960 bits per heavy atom. The molecule has 2 rings (SSSR count). The molecule has 0 atom stereocenters. The number of halogens is 1. The highest BCUT2D eigenvalue weighted by atomic mass is 35.5. The van der Waals surface area contributed by atoms with Gasteiger partial charge in [0.25, 0.3) is 11.8 Å². The first-order valence-corrected chi connectivity index (χ1v) is 8.38. The summed E-state index contributed by atoms with van der Waals surface area (Å²) in [6.07, 6.45) is 0.708. The molecule has 6 heteroatoms. The highest BCUT2D eigenvalue weighted by molar-refractivity contribution is 6.30. The Kier molecular flexibility index (Phi) is 7.44. The number of hydrogen-bond donors (Lipinski definition) is 2. The van der Waals surface area contributed by atoms with Crippen LogP contribution in [0.2, 0.25) is 5.02 Å². The van der Waals surface area contributed by atoms with Gasteiger partial charge in [0.15, 0.2) is 0 Å². The summed E-state index contributed by atoms with van der Waals surface area (Å²) in [4.78, 5) is 24.3. The van der Waals surface area contributed by atoms with Gasteiger partial charge in [0.05, 0.1) is 6.61 Å². The molecular formula is C19H21ClN2O3. The minimum absolute atomic E-state index is 0.208. The fraction of sp³-hybridized carbons (Fsp3) is 0.263. The molecule has 0 aliphatic carbocycles. The molecule has 132 valence electrons. The average molecular weight is 361 g/mol. The minimum atomic E-state index is -0.229. The smallest absolute Gasteiger partial charge is 0.251 e. The number of rotatable bonds is 8. The molecule has 2 amide bonds. The number of benzene rings is 2. The van der Waals surface area contributed by atoms with E-state index in [2.05, 4.69) is 10.6 Å². The SMILES string of the molecule is COCCNC(=O)c1cccc(C(=O)NCCc2ccc(Cl)cc2)c1. The van der Waals surface area contributed by atoms with E-state index in [1.54, 1.807) is 31.4 Å². The Morgan fingerprint density at radius 2 is 1.56 bits per heavy atom. The number of ether oxygens (including phenoxy) is 1. The van der Waals surface area contributed by atoms with E-state index in [-0.39, 0.29) is 11.8 Å². The largest absolute Gasteiger partial charge is 0.383 e. The lowest BCUT2D eigenvalue weighted by Crippen LogP contribution is -2.28. The minimum Gasteiger partial charge on any atom is -0.383 e. The van der Waals surface area contributed by atoms with Crippen LogP contribution in [0.5, 0.6) is 0 Å². The quantitative estimate of drug-likeness (QED) is 0.711. The van der Waals surface area contributed by atoms with Gasteiger partial charge in [0, 0.05) is 36.3 Å². The summed E-state index contributed by atoms with van der Waals surface area (Å²) >= 11 is 5.85. The highest BCUT2D eigenvalue weighted by Crippen LogP contribution is 2.10. The van der Waals surface area contributed by atoms with Crippen LogP contribution < -0.4 is 10.6 Å². The van der Waals surface area contributed by atoms with E-state index in [0.29, 0.717) is 42.3 Å². The number of amides is 2. The van der Waals surface area contributed by atoms with Crippen LogP contribution in [-0.4, -0.2) is 38.6 Å². The van der Waals surface area contributed by atoms with Gasteiger partial charge in [-0.1, -0.05) is 29.8 Å². The van der Waals surface area contributed by atoms with Gasteiger partial charge in [-0.3, -0.25) is 9.59 Å². The first-order chi connectivity index (χ1) is 12.1. The van der Waals surface area contributed by atoms with Crippen molar-refractivity contribution in [2.24, 2.45) is 0 Å². The zero-order chi connectivity index (χ0) is 18.1. The van der Waals surface area contributed by atoms with Gasteiger partial charge in [0.1, 0.15) is 0 Å². The molecule has 25 heavy (non-hydrogen) atoms. The molecule has 2 N–H and O–H groups in total. The lowest BCUT2D eigenvalue weighted by Gasteiger charge is -2.08. The molecule has 0 aliphatic rings. The van der Waals surface area contributed by atoms with Crippen LogP contribution in [0.1, 0.15) is 26.3 Å². The summed E-state index contributed by atoms with van der Waals surface area (Å²) in [7, 11) is 1.57. The van der Waals surface area contributed by atoms with Gasteiger partial charge in [-0.15, -0.1) is 0 Å². The maximum absolute atomic E-state index is 12.2. The van der Waals surface area contributed by atoms with Crippen LogP contribution >= 0.6 is 11.6 Å². The molecule has 0 unspecified atom stereocenters. The Labute approximate surface area is 152 Å². The molecule has 0 saturated heterocycles. The van der Waals surface area contributed by atoms with Crippen molar-refractivity contribution >= 4 is 23.4 Å². The van der Waals surface area contributed by atoms with Crippen molar-refractivity contribution in [2.75, 3.05) is 26.8 Å². The molecule has 2 aromatic rings. The maximum atomic E-state index is 12.2. The second-order valence-electron chi connectivity index (χ2n) is 5.46. The second-order valence-corrected chi connectivity index (χ2v) is 5.90. The summed E-state index contributed by atoms with van der Waals surface area (Å²) in [6, 6.07) is 14.1. The maximum Gasteiger partial charge on any atom is 0.251 e. The van der Waals surface area contributed by atoms with Crippen LogP contribution in [-0.2, 0) is 11.2 Å². The van der Waals surface area contributed by atoms with Crippen LogP contribution in [0.15, 0.2) is 48.5 Å². The Morgan fingerprint density at radius 3 is 2.16 bits per heavy atom. The fourth-order valence-corrected chi connectivity index (χ4v) is 2.37. The zero-order valence-electron chi connectivity index (χ0n) is 14.0. The summed E-state index contributed by atoms with van der Waals surface area (Å²) in [6.45, 7) is 1.37. The third kappa shape index (κ3) is 6.21. The van der Waals surface area contributed by atoms with Crippen molar-refractivity contribution in [3.05, 3.63) is 70.2 Å². The van der Waals surface area contributed by atoms with E-state index < -0.39 is 0 Å². The van der Waals surface area contributed by atoms with Crippen molar-refractivity contribution in [3.63, 3.8) is 0 Å². The van der Waals surface area contributed by atoms with E-state index in [0.717, 1.165) is 5.56 Å². The zero-order valence-corrected chi connectivity index (χ0v) is 14.8. The van der Waals surface area contributed by atoms with Crippen LogP contribution in [0.4, 0.5) is 0 Å². The normalized spacial score (nSPS) is 10.3. The Hall–Kier alpha value is -2.37. The molecule has 0 aromatic heterocycles. The summed E-state index contributed by atoms with van der Waals surface area (Å²) in [5.41, 5.74) is 1.99. The van der Waals surface area contributed by atoms with Crippen molar-refractivity contribution in [1.82, 2.24) is 10.6 Å². The summed E-state index contributed by atoms with van der Waals surface area (Å²) in [5, 5.41) is 6.27. The molecule has 2 aromatic carbocycles. The fourth-order valence-electron chi connectivity index (χ4n) is 2.24. The monoisotopic (exact) mass is 360 g/mol. The van der Waals surface area contributed by atoms with E-state index in [4.69, 9.17) is 16.3 Å². The average Bonchev–Trinajstić information content (AvgIpc) is 2.63. The molecule has 0 radical (unpaired) electrons. The van der Waals surface area contributed by atoms with Crippen molar-refractivity contribution < 1.29 is 14.3 Å². The Bertz CT molecular complexity index is 717. The highest BCUT2D eigenvalue weighted by Gasteiger charge is 2.10. The van der Waals surface area contributed by atoms with Gasteiger partial charge in [-0.25, -0.2) is 0 Å². The first-order valence-electron chi connectivity index (χ1n) is 8.00. The first kappa shape index (κ1) is 19.0. The lowest BCUT2D eigenvalue weighted by atomic mass is 10.1. The third-order valence-corrected chi connectivity index (χ3v) is 3.84.